The van der Waals surface area contributed by atoms with Crippen LogP contribution in [0.15, 0.2) is 48.7 Å². The van der Waals surface area contributed by atoms with Crippen LogP contribution < -0.4 is 14.7 Å². The van der Waals surface area contributed by atoms with Gasteiger partial charge in [-0.05, 0) is 56.2 Å². The fraction of sp³-hybridized carbons (Fsp3) is 0.500. The van der Waals surface area contributed by atoms with E-state index in [2.05, 4.69) is 10.3 Å². The van der Waals surface area contributed by atoms with Gasteiger partial charge in [0.15, 0.2) is 5.60 Å². The number of hydrogen-bond acceptors (Lipinski definition) is 7. The number of aliphatic hydroxyl groups excluding tert-OH is 1. The van der Waals surface area contributed by atoms with Crippen molar-refractivity contribution in [3.63, 3.8) is 0 Å². The van der Waals surface area contributed by atoms with E-state index in [4.69, 9.17) is 4.74 Å². The van der Waals surface area contributed by atoms with Crippen LogP contribution >= 0.6 is 0 Å². The third-order valence-electron chi connectivity index (χ3n) is 10.1. The largest absolute Gasteiger partial charge is 0.396 e. The maximum atomic E-state index is 16.1. The van der Waals surface area contributed by atoms with Crippen molar-refractivity contribution in [2.75, 3.05) is 34.4 Å². The normalized spacial score (nSPS) is 25.8. The molecule has 4 aliphatic rings. The molecule has 11 nitrogen and oxygen atoms in total. The molecule has 242 valence electrons. The number of hydrogen-bond donors (Lipinski definition) is 1. The van der Waals surface area contributed by atoms with Gasteiger partial charge in [-0.3, -0.25) is 19.1 Å². The van der Waals surface area contributed by atoms with Crippen LogP contribution in [0.1, 0.15) is 56.9 Å². The van der Waals surface area contributed by atoms with E-state index >= 15 is 4.39 Å². The van der Waals surface area contributed by atoms with Gasteiger partial charge in [0, 0.05) is 80.5 Å². The number of rotatable bonds is 10. The Morgan fingerprint density at radius 3 is 2.30 bits per heavy atom. The van der Waals surface area contributed by atoms with Gasteiger partial charge in [0.1, 0.15) is 5.67 Å². The molecule has 0 radical (unpaired) electrons. The summed E-state index contributed by atoms with van der Waals surface area (Å²) in [6.45, 7) is 6.90. The van der Waals surface area contributed by atoms with E-state index in [0.717, 1.165) is 11.3 Å². The summed E-state index contributed by atoms with van der Waals surface area (Å²) >= 11 is 0. The van der Waals surface area contributed by atoms with Crippen LogP contribution in [0.4, 0.5) is 21.5 Å². The van der Waals surface area contributed by atoms with Crippen LogP contribution in [0.25, 0.3) is 0 Å². The number of ether oxygens (including phenoxy) is 1. The summed E-state index contributed by atoms with van der Waals surface area (Å²) < 4.78 is 24.7. The second-order valence-corrected chi connectivity index (χ2v) is 13.4. The van der Waals surface area contributed by atoms with Crippen molar-refractivity contribution in [3.8, 4) is 0 Å². The fourth-order valence-corrected chi connectivity index (χ4v) is 7.71. The van der Waals surface area contributed by atoms with Gasteiger partial charge in [0.25, 0.3) is 5.91 Å². The second-order valence-electron chi connectivity index (χ2n) is 13.4. The van der Waals surface area contributed by atoms with Crippen LogP contribution in [0.3, 0.4) is 0 Å². The average Bonchev–Trinajstić information content (AvgIpc) is 3.65. The smallest absolute Gasteiger partial charge is 0.264 e. The minimum atomic E-state index is -1.67. The van der Waals surface area contributed by atoms with Crippen molar-refractivity contribution in [1.82, 2.24) is 15.0 Å². The molecule has 1 aromatic heterocycles. The molecular formula is C34H39FN6O5. The Hall–Kier alpha value is -4.16. The van der Waals surface area contributed by atoms with Crippen LogP contribution in [0, 0.1) is 11.8 Å². The molecule has 7 rings (SSSR count). The number of aryl methyl sites for hydroxylation is 1. The number of carbonyl (C=O) groups is 3. The molecule has 5 heterocycles. The molecule has 3 aromatic rings. The number of alkyl halides is 1. The van der Waals surface area contributed by atoms with Gasteiger partial charge in [0.05, 0.1) is 24.0 Å². The molecule has 0 saturated carbocycles. The Kier molecular flexibility index (Phi) is 7.47. The first kappa shape index (κ1) is 30.5. The number of halogens is 1. The highest BCUT2D eigenvalue weighted by molar-refractivity contribution is 6.09. The maximum absolute atomic E-state index is 16.1. The number of β-lactam (4-membered cyclic amide) rings is 2. The van der Waals surface area contributed by atoms with E-state index in [1.54, 1.807) is 25.6 Å². The minimum Gasteiger partial charge on any atom is -0.396 e. The predicted molar refractivity (Wildman–Crippen MR) is 168 cm³/mol. The standard InChI is InChI=1S/C34H39FN6O5/c1-21-31(33(2,3)35)28(10-14-38-20-23(13-17-42)36-37-38)46-34(21)26-18-25(40-16-12-30(40)44)8-9-27(26)41(32(34)45)19-22-4-6-24(7-5-22)39-15-11-29(39)43/h4-9,18,20-21,28,31,42H,10-17,19H2,1-3H3/t21-,28+,31-,34+/m0/s1. The number of aliphatic hydroxyl groups is 1. The third kappa shape index (κ3) is 4.89. The molecule has 0 bridgehead atoms. The van der Waals surface area contributed by atoms with Crippen molar-refractivity contribution in [2.24, 2.45) is 11.8 Å². The van der Waals surface area contributed by atoms with Crippen molar-refractivity contribution in [1.29, 1.82) is 0 Å². The van der Waals surface area contributed by atoms with Crippen LogP contribution in [-0.2, 0) is 44.2 Å². The lowest BCUT2D eigenvalue weighted by Crippen LogP contribution is -2.46. The Morgan fingerprint density at radius 1 is 1.02 bits per heavy atom. The van der Waals surface area contributed by atoms with Crippen LogP contribution in [0.2, 0.25) is 0 Å². The van der Waals surface area contributed by atoms with Gasteiger partial charge in [-0.15, -0.1) is 5.10 Å². The quantitative estimate of drug-likeness (QED) is 0.341. The first-order valence-corrected chi connectivity index (χ1v) is 16.0. The van der Waals surface area contributed by atoms with E-state index in [9.17, 15) is 19.5 Å². The number of carbonyl (C=O) groups excluding carboxylic acids is 3. The van der Waals surface area contributed by atoms with Gasteiger partial charge in [0.2, 0.25) is 11.8 Å². The van der Waals surface area contributed by atoms with Gasteiger partial charge >= 0.3 is 0 Å². The lowest BCUT2D eigenvalue weighted by atomic mass is 9.71. The molecule has 3 amide bonds. The number of anilines is 3. The van der Waals surface area contributed by atoms with Crippen molar-refractivity contribution >= 4 is 34.8 Å². The summed E-state index contributed by atoms with van der Waals surface area (Å²) in [4.78, 5) is 44.3. The summed E-state index contributed by atoms with van der Waals surface area (Å²) in [5, 5.41) is 17.5. The molecule has 0 unspecified atom stereocenters. The first-order valence-electron chi connectivity index (χ1n) is 16.0. The highest BCUT2D eigenvalue weighted by atomic mass is 19.1. The Morgan fingerprint density at radius 2 is 1.70 bits per heavy atom. The van der Waals surface area contributed by atoms with Gasteiger partial charge in [-0.2, -0.15) is 0 Å². The number of aromatic nitrogens is 3. The second kappa shape index (κ2) is 11.3. The zero-order valence-electron chi connectivity index (χ0n) is 26.4. The lowest BCUT2D eigenvalue weighted by Gasteiger charge is -2.33. The molecule has 3 fully saturated rings. The number of amides is 3. The molecule has 0 aliphatic carbocycles. The fourth-order valence-electron chi connectivity index (χ4n) is 7.71. The average molecular weight is 631 g/mol. The van der Waals surface area contributed by atoms with Crippen molar-refractivity contribution in [3.05, 3.63) is 65.5 Å². The SMILES string of the molecule is C[C@H]1[C@H](C(C)(C)F)[C@@H](CCn2cc(CCO)nn2)O[C@]12C(=O)N(Cc1ccc(N3CCC3=O)cc1)c1ccc(N3CCC3=O)cc12. The maximum Gasteiger partial charge on any atom is 0.264 e. The summed E-state index contributed by atoms with van der Waals surface area (Å²) in [6.07, 6.45) is 2.96. The molecule has 3 saturated heterocycles. The minimum absolute atomic E-state index is 0.0189. The first-order chi connectivity index (χ1) is 22.0. The topological polar surface area (TPSA) is 121 Å². The zero-order valence-corrected chi connectivity index (χ0v) is 26.4. The van der Waals surface area contributed by atoms with Crippen molar-refractivity contribution < 1.29 is 28.6 Å². The Balaban J connectivity index is 1.24. The Labute approximate surface area is 266 Å². The monoisotopic (exact) mass is 630 g/mol. The van der Waals surface area contributed by atoms with Gasteiger partial charge in [-0.25, -0.2) is 4.39 Å². The van der Waals surface area contributed by atoms with Gasteiger partial charge < -0.3 is 24.5 Å². The number of nitrogens with zero attached hydrogens (tertiary/aromatic N) is 6. The summed E-state index contributed by atoms with van der Waals surface area (Å²) in [6, 6.07) is 13.2. The molecular weight excluding hydrogens is 591 g/mol. The predicted octanol–water partition coefficient (Wildman–Crippen LogP) is 3.52. The Bertz CT molecular complexity index is 1690. The molecule has 4 aliphatic heterocycles. The molecule has 1 spiro atoms. The molecule has 12 heteroatoms. The van der Waals surface area contributed by atoms with Crippen LogP contribution in [0.5, 0.6) is 0 Å². The lowest BCUT2D eigenvalue weighted by molar-refractivity contribution is -0.146. The number of benzene rings is 2. The molecule has 46 heavy (non-hydrogen) atoms. The van der Waals surface area contributed by atoms with E-state index in [0.29, 0.717) is 67.9 Å². The van der Waals surface area contributed by atoms with Gasteiger partial charge in [-0.1, -0.05) is 24.3 Å². The van der Waals surface area contributed by atoms with E-state index in [-0.39, 0.29) is 30.9 Å². The highest BCUT2D eigenvalue weighted by Gasteiger charge is 2.66. The number of fused-ring (bicyclic) bond motifs is 2. The van der Waals surface area contributed by atoms with Crippen molar-refractivity contribution in [2.45, 2.75) is 76.9 Å². The summed E-state index contributed by atoms with van der Waals surface area (Å²) in [5.74, 6) is -1.29. The third-order valence-corrected chi connectivity index (χ3v) is 10.1. The summed E-state index contributed by atoms with van der Waals surface area (Å²) in [7, 11) is 0. The van der Waals surface area contributed by atoms with E-state index in [1.165, 1.54) is 13.8 Å². The van der Waals surface area contributed by atoms with Crippen LogP contribution in [-0.4, -0.2) is 69.3 Å². The molecule has 4 atom stereocenters. The summed E-state index contributed by atoms with van der Waals surface area (Å²) in [5.41, 5.74) is 1.27. The zero-order chi connectivity index (χ0) is 32.4. The molecule has 1 N–H and O–H groups in total. The van der Waals surface area contributed by atoms with E-state index in [1.807, 2.05) is 49.4 Å². The van der Waals surface area contributed by atoms with E-state index < -0.39 is 29.2 Å². The molecule has 2 aromatic carbocycles. The highest BCUT2D eigenvalue weighted by Crippen LogP contribution is 2.59.